The Morgan fingerprint density at radius 1 is 1.21 bits per heavy atom. The quantitative estimate of drug-likeness (QED) is 0.267. The topological polar surface area (TPSA) is 190 Å². The van der Waals surface area contributed by atoms with Crippen LogP contribution in [0.15, 0.2) is 0 Å². The van der Waals surface area contributed by atoms with E-state index in [0.717, 1.165) is 6.42 Å². The van der Waals surface area contributed by atoms with Gasteiger partial charge in [-0.2, -0.15) is 0 Å². The number of fused-ring (bicyclic) bond motifs is 2. The molecule has 2 unspecified atom stereocenters. The van der Waals surface area contributed by atoms with Gasteiger partial charge in [-0.25, -0.2) is 17.9 Å². The number of nitrogens with two attached hydrogens (primary N) is 1. The summed E-state index contributed by atoms with van der Waals surface area (Å²) in [6.07, 6.45) is 1.20. The first-order valence-corrected chi connectivity index (χ1v) is 12.5. The molecule has 5 N–H and O–H groups in total. The predicted molar refractivity (Wildman–Crippen MR) is 117 cm³/mol. The lowest BCUT2D eigenvalue weighted by atomic mass is 9.70. The molecule has 0 saturated heterocycles. The molecule has 0 spiro atoms. The van der Waals surface area contributed by atoms with Gasteiger partial charge in [0.25, 0.3) is 0 Å². The number of hydrogen-bond donors (Lipinski definition) is 4. The molecule has 2 aliphatic rings. The van der Waals surface area contributed by atoms with Gasteiger partial charge in [-0.1, -0.05) is 27.7 Å². The molecule has 0 heterocycles. The Bertz CT molecular complexity index is 959. The number of carbonyl (C=O) groups excluding carboxylic acids is 4. The molecule has 2 amide bonds. The Balaban J connectivity index is 2.07. The minimum Gasteiger partial charge on any atom is -0.479 e. The summed E-state index contributed by atoms with van der Waals surface area (Å²) in [5, 5.41) is 11.5. The molecule has 2 saturated carbocycles. The van der Waals surface area contributed by atoms with E-state index in [1.807, 2.05) is 13.8 Å². The molecule has 2 bridgehead atoms. The maximum atomic E-state index is 12.7. The number of amides is 2. The largest absolute Gasteiger partial charge is 0.479 e. The monoisotopic (exact) mass is 487 g/mol. The molecule has 2 aliphatic carbocycles. The van der Waals surface area contributed by atoms with Crippen LogP contribution in [0.5, 0.6) is 0 Å². The van der Waals surface area contributed by atoms with Gasteiger partial charge in [-0.3, -0.25) is 19.2 Å². The number of carbonyl (C=O) groups is 5. The summed E-state index contributed by atoms with van der Waals surface area (Å²) in [6, 6.07) is -2.01. The zero-order valence-corrected chi connectivity index (χ0v) is 20.2. The van der Waals surface area contributed by atoms with Gasteiger partial charge in [0.1, 0.15) is 5.78 Å². The number of primary amides is 1. The highest BCUT2D eigenvalue weighted by Crippen LogP contribution is 2.64. The lowest BCUT2D eigenvalue weighted by Gasteiger charge is -2.36. The van der Waals surface area contributed by atoms with Crippen molar-refractivity contribution in [3.63, 3.8) is 0 Å². The molecule has 11 nitrogen and oxygen atoms in total. The third kappa shape index (κ3) is 5.43. The van der Waals surface area contributed by atoms with Crippen molar-refractivity contribution in [2.45, 2.75) is 59.4 Å². The van der Waals surface area contributed by atoms with E-state index in [0.29, 0.717) is 12.8 Å². The minimum atomic E-state index is -4.10. The number of nitrogens with one attached hydrogen (secondary N) is 2. The van der Waals surface area contributed by atoms with E-state index in [9.17, 15) is 37.5 Å². The normalized spacial score (nSPS) is 25.6. The number of aliphatic carboxylic acids is 1. The molecule has 0 aromatic carbocycles. The smallest absolute Gasteiger partial charge is 0.334 e. The zero-order valence-electron chi connectivity index (χ0n) is 19.3. The van der Waals surface area contributed by atoms with Crippen LogP contribution in [0.25, 0.3) is 0 Å². The van der Waals surface area contributed by atoms with Crippen LogP contribution < -0.4 is 15.8 Å². The number of hydrogen-bond acceptors (Lipinski definition) is 7. The molecule has 33 heavy (non-hydrogen) atoms. The Hall–Kier alpha value is -2.34. The van der Waals surface area contributed by atoms with Crippen molar-refractivity contribution < 1.29 is 37.5 Å². The van der Waals surface area contributed by atoms with Crippen LogP contribution in [-0.2, 0) is 34.0 Å². The predicted octanol–water partition coefficient (Wildman–Crippen LogP) is -0.413. The van der Waals surface area contributed by atoms with Crippen LogP contribution in [0.3, 0.4) is 0 Å². The fourth-order valence-electron chi connectivity index (χ4n) is 5.14. The summed E-state index contributed by atoms with van der Waals surface area (Å²) in [6.45, 7) is 6.16. The van der Waals surface area contributed by atoms with Crippen LogP contribution in [-0.4, -0.2) is 61.2 Å². The molecule has 0 aliphatic heterocycles. The summed E-state index contributed by atoms with van der Waals surface area (Å²) >= 11 is 0. The highest BCUT2D eigenvalue weighted by Gasteiger charge is 2.65. The highest BCUT2D eigenvalue weighted by atomic mass is 32.2. The van der Waals surface area contributed by atoms with Crippen molar-refractivity contribution in [3.05, 3.63) is 0 Å². The van der Waals surface area contributed by atoms with Crippen molar-refractivity contribution >= 4 is 39.4 Å². The van der Waals surface area contributed by atoms with Gasteiger partial charge in [0.05, 0.1) is 12.3 Å². The van der Waals surface area contributed by atoms with Gasteiger partial charge in [0.2, 0.25) is 21.8 Å². The first kappa shape index (κ1) is 26.9. The van der Waals surface area contributed by atoms with Crippen LogP contribution in [0, 0.1) is 28.6 Å². The maximum Gasteiger partial charge on any atom is 0.334 e. The van der Waals surface area contributed by atoms with Gasteiger partial charge in [0.15, 0.2) is 11.8 Å². The second-order valence-electron chi connectivity index (χ2n) is 10.0. The van der Waals surface area contributed by atoms with Crippen molar-refractivity contribution in [3.8, 4) is 0 Å². The first-order valence-electron chi connectivity index (χ1n) is 10.9. The molecule has 0 aromatic heterocycles. The number of sulfonamides is 1. The first-order chi connectivity index (χ1) is 15.0. The van der Waals surface area contributed by atoms with Gasteiger partial charge < -0.3 is 16.2 Å². The standard InChI is InChI=1S/C21H33N3O8S/c1-11(2)13(8-16(22)27)18(28)24-17(19(29)30)14(25)9-23-33(31,32)10-21-6-5-12(7-15(21)26)20(21,3)4/h11-13,17,23H,5-10H2,1-4H3,(H2,22,27)(H,24,28)(H,29,30)/t12?,13-,17?,21+/m0/s1. The Kier molecular flexibility index (Phi) is 7.74. The van der Waals surface area contributed by atoms with Crippen LogP contribution in [0.4, 0.5) is 0 Å². The van der Waals surface area contributed by atoms with E-state index < -0.39 is 68.7 Å². The average molecular weight is 488 g/mol. The van der Waals surface area contributed by atoms with Gasteiger partial charge in [-0.05, 0) is 30.1 Å². The van der Waals surface area contributed by atoms with Gasteiger partial charge >= 0.3 is 5.97 Å². The van der Waals surface area contributed by atoms with Gasteiger partial charge in [-0.15, -0.1) is 0 Å². The summed E-state index contributed by atoms with van der Waals surface area (Å²) < 4.78 is 27.6. The molecule has 2 fully saturated rings. The summed E-state index contributed by atoms with van der Waals surface area (Å²) in [7, 11) is -4.10. The summed E-state index contributed by atoms with van der Waals surface area (Å²) in [4.78, 5) is 60.3. The number of rotatable bonds is 12. The second kappa shape index (κ2) is 9.49. The maximum absolute atomic E-state index is 12.7. The van der Waals surface area contributed by atoms with E-state index in [2.05, 4.69) is 10.0 Å². The second-order valence-corrected chi connectivity index (χ2v) is 11.8. The molecule has 12 heteroatoms. The van der Waals surface area contributed by atoms with E-state index in [4.69, 9.17) is 5.73 Å². The van der Waals surface area contributed by atoms with E-state index >= 15 is 0 Å². The van der Waals surface area contributed by atoms with Crippen LogP contribution in [0.2, 0.25) is 0 Å². The lowest BCUT2D eigenvalue weighted by molar-refractivity contribution is -0.146. The lowest BCUT2D eigenvalue weighted by Crippen LogP contribution is -2.53. The van der Waals surface area contributed by atoms with Gasteiger partial charge in [0, 0.05) is 24.2 Å². The molecule has 186 valence electrons. The minimum absolute atomic E-state index is 0.106. The third-order valence-electron chi connectivity index (χ3n) is 7.46. The average Bonchev–Trinajstić information content (AvgIpc) is 3.01. The molecular formula is C21H33N3O8S. The fourth-order valence-corrected chi connectivity index (χ4v) is 6.93. The number of ketones is 2. The third-order valence-corrected chi connectivity index (χ3v) is 8.92. The highest BCUT2D eigenvalue weighted by molar-refractivity contribution is 7.89. The Labute approximate surface area is 193 Å². The van der Waals surface area contributed by atoms with Crippen molar-refractivity contribution in [1.82, 2.24) is 10.0 Å². The van der Waals surface area contributed by atoms with Crippen molar-refractivity contribution in [2.24, 2.45) is 34.3 Å². The molecule has 0 aromatic rings. The molecular weight excluding hydrogens is 454 g/mol. The van der Waals surface area contributed by atoms with E-state index in [1.165, 1.54) is 0 Å². The fraction of sp³-hybridized carbons (Fsp3) is 0.762. The molecule has 0 radical (unpaired) electrons. The van der Waals surface area contributed by atoms with Crippen LogP contribution >= 0.6 is 0 Å². The Morgan fingerprint density at radius 3 is 2.24 bits per heavy atom. The number of carboxylic acids is 1. The number of carboxylic acid groups (broad SMARTS) is 1. The molecule has 4 atom stereocenters. The molecule has 2 rings (SSSR count). The van der Waals surface area contributed by atoms with E-state index in [1.54, 1.807) is 13.8 Å². The van der Waals surface area contributed by atoms with E-state index in [-0.39, 0.29) is 24.0 Å². The number of Topliss-reactive ketones (excluding diaryl/α,β-unsaturated/α-hetero) is 2. The zero-order chi connectivity index (χ0) is 25.4. The Morgan fingerprint density at radius 2 is 1.82 bits per heavy atom. The van der Waals surface area contributed by atoms with Crippen molar-refractivity contribution in [1.29, 1.82) is 0 Å². The van der Waals surface area contributed by atoms with Crippen molar-refractivity contribution in [2.75, 3.05) is 12.3 Å². The van der Waals surface area contributed by atoms with Crippen LogP contribution in [0.1, 0.15) is 53.4 Å². The summed E-state index contributed by atoms with van der Waals surface area (Å²) in [5.41, 5.74) is 3.60. The SMILES string of the molecule is CC(C)[C@H](CC(N)=O)C(=O)NC(C(=O)O)C(=O)CNS(=O)(=O)C[C@]12CCC(CC1=O)C2(C)C. The summed E-state index contributed by atoms with van der Waals surface area (Å²) in [5.74, 6) is -6.13.